The molecule has 0 fully saturated rings. The molecule has 0 radical (unpaired) electrons. The van der Waals surface area contributed by atoms with Gasteiger partial charge in [-0.2, -0.15) is 0 Å². The molecule has 2 aromatic carbocycles. The molecule has 1 N–H and O–H groups in total. The Morgan fingerprint density at radius 2 is 2.03 bits per heavy atom. The number of nitrogens with zero attached hydrogens (tertiary/aromatic N) is 2. The highest BCUT2D eigenvalue weighted by molar-refractivity contribution is 9.10. The number of methoxy groups -OCH3 is 1. The van der Waals surface area contributed by atoms with Gasteiger partial charge in [-0.1, -0.05) is 57.6 Å². The number of thiazole rings is 1. The summed E-state index contributed by atoms with van der Waals surface area (Å²) in [5.74, 6) is -0.213. The highest BCUT2D eigenvalue weighted by Gasteiger charge is 2.33. The molecule has 2 heterocycles. The number of fused-ring (bicyclic) bond motifs is 1. The average molecular weight is 529 g/mol. The van der Waals surface area contributed by atoms with E-state index in [0.29, 0.717) is 36.4 Å². The number of hydrogen-bond donors (Lipinski definition) is 1. The molecular weight excluding hydrogens is 508 g/mol. The van der Waals surface area contributed by atoms with E-state index in [1.807, 2.05) is 30.3 Å². The largest absolute Gasteiger partial charge is 0.504 e. The van der Waals surface area contributed by atoms with Gasteiger partial charge >= 0.3 is 5.97 Å². The lowest BCUT2D eigenvalue weighted by Gasteiger charge is -2.24. The van der Waals surface area contributed by atoms with Gasteiger partial charge in [0.05, 0.1) is 35.6 Å². The molecule has 0 bridgehead atoms. The van der Waals surface area contributed by atoms with Crippen molar-refractivity contribution >= 4 is 39.3 Å². The molecule has 1 aromatic heterocycles. The van der Waals surface area contributed by atoms with Crippen LogP contribution >= 0.6 is 27.3 Å². The first-order chi connectivity index (χ1) is 15.8. The van der Waals surface area contributed by atoms with Crippen molar-refractivity contribution in [1.29, 1.82) is 0 Å². The van der Waals surface area contributed by atoms with Crippen molar-refractivity contribution in [1.82, 2.24) is 4.57 Å². The van der Waals surface area contributed by atoms with Crippen molar-refractivity contribution in [3.8, 4) is 11.5 Å². The van der Waals surface area contributed by atoms with Gasteiger partial charge in [-0.25, -0.2) is 9.79 Å². The highest BCUT2D eigenvalue weighted by atomic mass is 79.9. The molecule has 1 aliphatic heterocycles. The summed E-state index contributed by atoms with van der Waals surface area (Å²) in [6.45, 7) is 3.71. The van der Waals surface area contributed by atoms with Crippen LogP contribution in [0.25, 0.3) is 6.08 Å². The Labute approximate surface area is 202 Å². The molecule has 0 saturated heterocycles. The zero-order valence-electron chi connectivity index (χ0n) is 18.2. The van der Waals surface area contributed by atoms with Crippen LogP contribution in [0.4, 0.5) is 0 Å². The van der Waals surface area contributed by atoms with E-state index in [4.69, 9.17) is 9.47 Å². The van der Waals surface area contributed by atoms with Gasteiger partial charge in [-0.15, -0.1) is 0 Å². The van der Waals surface area contributed by atoms with Crippen LogP contribution in [0, 0.1) is 0 Å². The summed E-state index contributed by atoms with van der Waals surface area (Å²) in [6, 6.07) is 11.9. The van der Waals surface area contributed by atoms with E-state index in [9.17, 15) is 14.7 Å². The van der Waals surface area contributed by atoms with Crippen LogP contribution in [-0.4, -0.2) is 29.4 Å². The summed E-state index contributed by atoms with van der Waals surface area (Å²) >= 11 is 4.65. The quantitative estimate of drug-likeness (QED) is 0.513. The number of allylic oxidation sites excluding steroid dienone is 1. The van der Waals surface area contributed by atoms with Crippen LogP contribution in [0.1, 0.15) is 31.0 Å². The normalized spacial score (nSPS) is 15.8. The number of halogens is 1. The van der Waals surface area contributed by atoms with Gasteiger partial charge in [0.2, 0.25) is 0 Å². The highest BCUT2D eigenvalue weighted by Crippen LogP contribution is 2.33. The minimum atomic E-state index is -0.651. The number of aromatic hydroxyl groups is 1. The van der Waals surface area contributed by atoms with Crippen LogP contribution < -0.4 is 19.6 Å². The number of esters is 1. The Kier molecular flexibility index (Phi) is 6.53. The predicted molar refractivity (Wildman–Crippen MR) is 129 cm³/mol. The molecule has 1 aliphatic rings. The standard InChI is InChI=1S/C24H21BrN2O5S/c1-4-32-23(30)20-13(2)26-24-27(21(20)14-8-6-5-7-9-14)22(29)19(33-24)11-15-10-18(31-3)17(28)12-16(15)25/h5-12,21,28H,4H2,1-3H3/t21-/m0/s1. The van der Waals surface area contributed by atoms with E-state index >= 15 is 0 Å². The predicted octanol–water partition coefficient (Wildman–Crippen LogP) is 3.28. The Morgan fingerprint density at radius 1 is 1.30 bits per heavy atom. The van der Waals surface area contributed by atoms with Gasteiger partial charge in [0.1, 0.15) is 0 Å². The van der Waals surface area contributed by atoms with E-state index in [1.54, 1.807) is 26.0 Å². The number of phenols is 1. The third-order valence-electron chi connectivity index (χ3n) is 5.22. The second-order valence-corrected chi connectivity index (χ2v) is 9.12. The summed E-state index contributed by atoms with van der Waals surface area (Å²) in [7, 11) is 1.46. The number of carbonyl (C=O) groups is 1. The summed E-state index contributed by atoms with van der Waals surface area (Å²) in [5, 5.41) is 9.99. The van der Waals surface area contributed by atoms with Crippen molar-refractivity contribution < 1.29 is 19.4 Å². The maximum Gasteiger partial charge on any atom is 0.338 e. The number of aromatic nitrogens is 1. The molecule has 0 amide bonds. The molecule has 4 rings (SSSR count). The lowest BCUT2D eigenvalue weighted by molar-refractivity contribution is -0.139. The number of rotatable bonds is 5. The van der Waals surface area contributed by atoms with Crippen molar-refractivity contribution in [3.63, 3.8) is 0 Å². The summed E-state index contributed by atoms with van der Waals surface area (Å²) in [4.78, 5) is 31.5. The number of hydrogen-bond acceptors (Lipinski definition) is 7. The maximum absolute atomic E-state index is 13.6. The molecule has 0 aliphatic carbocycles. The van der Waals surface area contributed by atoms with Gasteiger partial charge in [0.25, 0.3) is 5.56 Å². The van der Waals surface area contributed by atoms with Gasteiger partial charge in [-0.3, -0.25) is 9.36 Å². The molecule has 33 heavy (non-hydrogen) atoms. The molecular formula is C24H21BrN2O5S. The van der Waals surface area contributed by atoms with E-state index in [2.05, 4.69) is 20.9 Å². The lowest BCUT2D eigenvalue weighted by Crippen LogP contribution is -2.39. The third kappa shape index (κ3) is 4.26. The molecule has 3 aromatic rings. The number of ether oxygens (including phenoxy) is 2. The topological polar surface area (TPSA) is 90.1 Å². The smallest absolute Gasteiger partial charge is 0.338 e. The second kappa shape index (κ2) is 9.36. The first-order valence-corrected chi connectivity index (χ1v) is 11.8. The zero-order chi connectivity index (χ0) is 23.7. The number of phenolic OH excluding ortho intramolecular Hbond substituents is 1. The fourth-order valence-electron chi connectivity index (χ4n) is 3.72. The average Bonchev–Trinajstić information content (AvgIpc) is 3.09. The lowest BCUT2D eigenvalue weighted by atomic mass is 9.96. The molecule has 0 saturated carbocycles. The van der Waals surface area contributed by atoms with Crippen LogP contribution in [-0.2, 0) is 9.53 Å². The van der Waals surface area contributed by atoms with Crippen molar-refractivity contribution in [2.75, 3.05) is 13.7 Å². The van der Waals surface area contributed by atoms with Crippen molar-refractivity contribution in [2.45, 2.75) is 19.9 Å². The Bertz CT molecular complexity index is 1440. The number of benzene rings is 2. The Morgan fingerprint density at radius 3 is 2.70 bits per heavy atom. The van der Waals surface area contributed by atoms with Crippen LogP contribution in [0.5, 0.6) is 11.5 Å². The van der Waals surface area contributed by atoms with Gasteiger partial charge in [0.15, 0.2) is 16.3 Å². The van der Waals surface area contributed by atoms with E-state index < -0.39 is 12.0 Å². The minimum absolute atomic E-state index is 0.0123. The molecule has 0 unspecified atom stereocenters. The molecule has 9 heteroatoms. The van der Waals surface area contributed by atoms with Gasteiger partial charge in [0, 0.05) is 4.47 Å². The van der Waals surface area contributed by atoms with Gasteiger partial charge in [-0.05, 0) is 43.2 Å². The summed E-state index contributed by atoms with van der Waals surface area (Å²) in [6.07, 6.45) is 1.71. The second-order valence-electron chi connectivity index (χ2n) is 7.26. The van der Waals surface area contributed by atoms with E-state index in [-0.39, 0.29) is 17.9 Å². The monoisotopic (exact) mass is 528 g/mol. The van der Waals surface area contributed by atoms with Crippen LogP contribution in [0.3, 0.4) is 0 Å². The van der Waals surface area contributed by atoms with Crippen molar-refractivity contribution in [2.24, 2.45) is 4.99 Å². The fourth-order valence-corrected chi connectivity index (χ4v) is 5.20. The Balaban J connectivity index is 1.96. The first-order valence-electron chi connectivity index (χ1n) is 10.2. The molecule has 7 nitrogen and oxygen atoms in total. The van der Waals surface area contributed by atoms with Crippen LogP contribution in [0.15, 0.2) is 68.0 Å². The molecule has 1 atom stereocenters. The van der Waals surface area contributed by atoms with Crippen molar-refractivity contribution in [3.05, 3.63) is 89.0 Å². The SMILES string of the molecule is CCOC(=O)C1=C(C)N=c2sc(=Cc3cc(OC)c(O)cc3Br)c(=O)n2[C@H]1c1ccccc1. The van der Waals surface area contributed by atoms with Gasteiger partial charge < -0.3 is 14.6 Å². The van der Waals surface area contributed by atoms with E-state index in [0.717, 1.165) is 5.56 Å². The van der Waals surface area contributed by atoms with E-state index in [1.165, 1.54) is 29.1 Å². The molecule has 170 valence electrons. The summed E-state index contributed by atoms with van der Waals surface area (Å²) in [5.41, 5.74) is 2.03. The summed E-state index contributed by atoms with van der Waals surface area (Å²) < 4.78 is 13.1. The first kappa shape index (κ1) is 23.0. The molecule has 0 spiro atoms. The van der Waals surface area contributed by atoms with Crippen LogP contribution in [0.2, 0.25) is 0 Å². The minimum Gasteiger partial charge on any atom is -0.504 e. The Hall–Kier alpha value is -3.17. The maximum atomic E-state index is 13.6. The third-order valence-corrected chi connectivity index (χ3v) is 6.89. The zero-order valence-corrected chi connectivity index (χ0v) is 20.6. The number of carbonyl (C=O) groups excluding carboxylic acids is 1. The fraction of sp³-hybridized carbons (Fsp3) is 0.208.